The zero-order valence-electron chi connectivity index (χ0n) is 12.1. The van der Waals surface area contributed by atoms with Gasteiger partial charge in [-0.25, -0.2) is 14.6 Å². The Morgan fingerprint density at radius 1 is 1.21 bits per heavy atom. The van der Waals surface area contributed by atoms with Crippen LogP contribution in [-0.4, -0.2) is 29.9 Å². The van der Waals surface area contributed by atoms with Crippen LogP contribution in [-0.2, 0) is 7.05 Å². The van der Waals surface area contributed by atoms with Crippen molar-refractivity contribution >= 4 is 50.3 Å². The average molecular weight is 424 g/mol. The highest BCUT2D eigenvalue weighted by atomic mass is 79.9. The van der Waals surface area contributed by atoms with Gasteiger partial charge in [0.15, 0.2) is 5.65 Å². The second-order valence-corrected chi connectivity index (χ2v) is 6.85. The first-order chi connectivity index (χ1) is 11.6. The summed E-state index contributed by atoms with van der Waals surface area (Å²) >= 11 is 10.8. The third kappa shape index (κ3) is 2.68. The van der Waals surface area contributed by atoms with Crippen molar-refractivity contribution in [3.05, 3.63) is 40.2 Å². The van der Waals surface area contributed by atoms with Crippen molar-refractivity contribution in [3.63, 3.8) is 0 Å². The first-order valence-corrected chi connectivity index (χ1v) is 8.71. The van der Waals surface area contributed by atoms with Gasteiger partial charge >= 0.3 is 0 Å². The number of hydrogen-bond acceptors (Lipinski definition) is 7. The molecule has 4 aromatic rings. The second kappa shape index (κ2) is 6.15. The van der Waals surface area contributed by atoms with Crippen molar-refractivity contribution < 1.29 is 4.42 Å². The van der Waals surface area contributed by atoms with Crippen molar-refractivity contribution in [2.45, 2.75) is 10.2 Å². The number of benzene rings is 1. The molecule has 0 amide bonds. The molecule has 0 aliphatic carbocycles. The Morgan fingerprint density at radius 2 is 2.04 bits per heavy atom. The fraction of sp³-hybridized carbons (Fsp3) is 0.0714. The summed E-state index contributed by atoms with van der Waals surface area (Å²) in [6.07, 6.45) is 1.48. The summed E-state index contributed by atoms with van der Waals surface area (Å²) in [6, 6.07) is 7.30. The Labute approximate surface area is 153 Å². The van der Waals surface area contributed by atoms with Crippen LogP contribution in [0.25, 0.3) is 22.5 Å². The number of fused-ring (bicyclic) bond motifs is 1. The van der Waals surface area contributed by atoms with Crippen LogP contribution >= 0.6 is 39.3 Å². The van der Waals surface area contributed by atoms with Gasteiger partial charge in [0, 0.05) is 7.05 Å². The normalized spacial score (nSPS) is 11.3. The largest absolute Gasteiger partial charge is 0.411 e. The molecule has 0 aliphatic rings. The summed E-state index contributed by atoms with van der Waals surface area (Å²) in [6.45, 7) is 0. The van der Waals surface area contributed by atoms with Crippen LogP contribution in [0.15, 0.2) is 49.9 Å². The van der Waals surface area contributed by atoms with Crippen LogP contribution in [0.5, 0.6) is 0 Å². The zero-order valence-corrected chi connectivity index (χ0v) is 15.3. The number of nitrogens with zero attached hydrogens (tertiary/aromatic N) is 6. The van der Waals surface area contributed by atoms with E-state index in [1.807, 2.05) is 25.2 Å². The number of aryl methyl sites for hydroxylation is 1. The number of halogens is 2. The zero-order chi connectivity index (χ0) is 16.7. The van der Waals surface area contributed by atoms with Crippen LogP contribution in [0, 0.1) is 0 Å². The molecular weight excluding hydrogens is 416 g/mol. The van der Waals surface area contributed by atoms with Gasteiger partial charge in [-0.15, -0.1) is 10.2 Å². The molecule has 0 aliphatic heterocycles. The van der Waals surface area contributed by atoms with E-state index in [4.69, 9.17) is 16.0 Å². The van der Waals surface area contributed by atoms with E-state index in [0.29, 0.717) is 37.0 Å². The first-order valence-electron chi connectivity index (χ1n) is 6.73. The maximum absolute atomic E-state index is 6.16. The summed E-state index contributed by atoms with van der Waals surface area (Å²) in [5.41, 5.74) is 1.40. The van der Waals surface area contributed by atoms with Crippen LogP contribution in [0.1, 0.15) is 0 Å². The smallest absolute Gasteiger partial charge is 0.283 e. The molecule has 7 nitrogen and oxygen atoms in total. The summed E-state index contributed by atoms with van der Waals surface area (Å²) in [4.78, 5) is 8.52. The summed E-state index contributed by atoms with van der Waals surface area (Å²) in [5.74, 6) is 0.360. The third-order valence-electron chi connectivity index (χ3n) is 3.24. The molecule has 1 aromatic carbocycles. The lowest BCUT2D eigenvalue weighted by molar-refractivity contribution is 0.465. The van der Waals surface area contributed by atoms with E-state index in [1.54, 1.807) is 10.7 Å². The second-order valence-electron chi connectivity index (χ2n) is 4.75. The van der Waals surface area contributed by atoms with Crippen LogP contribution in [0.3, 0.4) is 0 Å². The topological polar surface area (TPSA) is 82.5 Å². The number of aromatic nitrogens is 6. The number of hydrogen-bond donors (Lipinski definition) is 0. The van der Waals surface area contributed by atoms with E-state index < -0.39 is 0 Å². The monoisotopic (exact) mass is 422 g/mol. The predicted molar refractivity (Wildman–Crippen MR) is 92.9 cm³/mol. The van der Waals surface area contributed by atoms with E-state index in [1.165, 1.54) is 18.1 Å². The van der Waals surface area contributed by atoms with E-state index in [0.717, 1.165) is 5.39 Å². The molecule has 24 heavy (non-hydrogen) atoms. The molecule has 10 heteroatoms. The molecule has 0 bridgehead atoms. The molecule has 120 valence electrons. The number of rotatable bonds is 3. The molecule has 0 spiro atoms. The highest BCUT2D eigenvalue weighted by Gasteiger charge is 2.18. The Hall–Kier alpha value is -1.97. The molecule has 3 aromatic heterocycles. The SMILES string of the molecule is Cn1nc(Br)c2c(Sc3nnc(-c4ccccc4Cl)o3)ncnc21. The Kier molecular flexibility index (Phi) is 3.99. The highest BCUT2D eigenvalue weighted by molar-refractivity contribution is 9.10. The molecule has 0 saturated heterocycles. The molecule has 0 saturated carbocycles. The van der Waals surface area contributed by atoms with Gasteiger partial charge in [-0.3, -0.25) is 0 Å². The van der Waals surface area contributed by atoms with Crippen LogP contribution in [0.2, 0.25) is 5.02 Å². The first kappa shape index (κ1) is 15.6. The van der Waals surface area contributed by atoms with Gasteiger partial charge in [-0.2, -0.15) is 5.10 Å². The molecule has 3 heterocycles. The molecule has 0 fully saturated rings. The Balaban J connectivity index is 1.72. The van der Waals surface area contributed by atoms with Gasteiger partial charge in [0.2, 0.25) is 5.89 Å². The molecule has 0 unspecified atom stereocenters. The van der Waals surface area contributed by atoms with Gasteiger partial charge in [0.25, 0.3) is 5.22 Å². The lowest BCUT2D eigenvalue weighted by Gasteiger charge is -1.99. The van der Waals surface area contributed by atoms with E-state index in [-0.39, 0.29) is 0 Å². The maximum atomic E-state index is 6.16. The molecule has 0 N–H and O–H groups in total. The maximum Gasteiger partial charge on any atom is 0.283 e. The molecule has 0 radical (unpaired) electrons. The lowest BCUT2D eigenvalue weighted by atomic mass is 10.2. The molecule has 0 atom stereocenters. The van der Waals surface area contributed by atoms with Gasteiger partial charge in [-0.05, 0) is 39.8 Å². The van der Waals surface area contributed by atoms with Gasteiger partial charge in [0.05, 0.1) is 16.0 Å². The van der Waals surface area contributed by atoms with Gasteiger partial charge in [0.1, 0.15) is 16.0 Å². The van der Waals surface area contributed by atoms with Crippen molar-refractivity contribution in [1.29, 1.82) is 0 Å². The van der Waals surface area contributed by atoms with Crippen LogP contribution in [0.4, 0.5) is 0 Å². The van der Waals surface area contributed by atoms with Crippen LogP contribution < -0.4 is 0 Å². The fourth-order valence-electron chi connectivity index (χ4n) is 2.17. The average Bonchev–Trinajstić information content (AvgIpc) is 3.14. The summed E-state index contributed by atoms with van der Waals surface area (Å²) < 4.78 is 8.04. The fourth-order valence-corrected chi connectivity index (χ4v) is 3.88. The summed E-state index contributed by atoms with van der Waals surface area (Å²) in [5, 5.41) is 14.8. The standard InChI is InChI=1S/C14H8BrClN6OS/c1-22-11-9(10(15)21-22)13(18-6-17-11)24-14-20-19-12(23-14)7-4-2-3-5-8(7)16/h2-6H,1H3. The van der Waals surface area contributed by atoms with E-state index in [9.17, 15) is 0 Å². The molecular formula is C14H8BrClN6OS. The van der Waals surface area contributed by atoms with Crippen molar-refractivity contribution in [3.8, 4) is 11.5 Å². The Morgan fingerprint density at radius 3 is 2.88 bits per heavy atom. The van der Waals surface area contributed by atoms with Gasteiger partial charge in [-0.1, -0.05) is 23.7 Å². The minimum atomic E-state index is 0.360. The molecule has 4 rings (SSSR count). The van der Waals surface area contributed by atoms with Gasteiger partial charge < -0.3 is 4.42 Å². The predicted octanol–water partition coefficient (Wildman–Crippen LogP) is 3.98. The third-order valence-corrected chi connectivity index (χ3v) is 4.96. The van der Waals surface area contributed by atoms with Crippen molar-refractivity contribution in [2.24, 2.45) is 7.05 Å². The minimum Gasteiger partial charge on any atom is -0.411 e. The Bertz CT molecular complexity index is 1050. The quantitative estimate of drug-likeness (QED) is 0.461. The minimum absolute atomic E-state index is 0.360. The lowest BCUT2D eigenvalue weighted by Crippen LogP contribution is -1.92. The van der Waals surface area contributed by atoms with E-state index >= 15 is 0 Å². The summed E-state index contributed by atoms with van der Waals surface area (Å²) in [7, 11) is 1.82. The highest BCUT2D eigenvalue weighted by Crippen LogP contribution is 2.35. The van der Waals surface area contributed by atoms with Crippen molar-refractivity contribution in [1.82, 2.24) is 29.9 Å². The van der Waals surface area contributed by atoms with E-state index in [2.05, 4.69) is 41.2 Å². The van der Waals surface area contributed by atoms with Crippen molar-refractivity contribution in [2.75, 3.05) is 0 Å².